The van der Waals surface area contributed by atoms with Crippen LogP contribution in [0.15, 0.2) is 0 Å². The molecule has 0 aromatic carbocycles. The maximum atomic E-state index is 5.82. The van der Waals surface area contributed by atoms with Crippen molar-refractivity contribution in [3.05, 3.63) is 0 Å². The summed E-state index contributed by atoms with van der Waals surface area (Å²) >= 11 is 0. The fourth-order valence-corrected chi connectivity index (χ4v) is 3.41. The lowest BCUT2D eigenvalue weighted by Crippen LogP contribution is -2.36. The third-order valence-corrected chi connectivity index (χ3v) is 3.87. The topological polar surface area (TPSA) is 26.0 Å². The zero-order valence-electron chi connectivity index (χ0n) is 8.29. The van der Waals surface area contributed by atoms with Crippen LogP contribution in [0.3, 0.4) is 0 Å². The van der Waals surface area contributed by atoms with E-state index in [9.17, 15) is 0 Å². The van der Waals surface area contributed by atoms with Crippen LogP contribution in [-0.4, -0.2) is 6.04 Å². The number of hydrogen-bond acceptors (Lipinski definition) is 1. The molecule has 0 spiro atoms. The predicted octanol–water partition coefficient (Wildman–Crippen LogP) is 2.41. The van der Waals surface area contributed by atoms with E-state index in [1.165, 1.54) is 25.7 Å². The maximum absolute atomic E-state index is 5.82. The molecule has 2 saturated carbocycles. The molecule has 2 rings (SSSR count). The Morgan fingerprint density at radius 2 is 2.08 bits per heavy atom. The maximum Gasteiger partial charge on any atom is 0.00132 e. The van der Waals surface area contributed by atoms with Gasteiger partial charge in [-0.15, -0.1) is 0 Å². The Kier molecular flexibility index (Phi) is 2.16. The van der Waals surface area contributed by atoms with Gasteiger partial charge in [0.2, 0.25) is 0 Å². The lowest BCUT2D eigenvalue weighted by atomic mass is 9.64. The molecule has 5 atom stereocenters. The molecule has 0 radical (unpaired) electrons. The highest BCUT2D eigenvalue weighted by atomic mass is 14.6. The Hall–Kier alpha value is -0.0400. The Labute approximate surface area is 75.7 Å². The largest absolute Gasteiger partial charge is 0.328 e. The molecule has 70 valence electrons. The van der Waals surface area contributed by atoms with Gasteiger partial charge in [0.1, 0.15) is 0 Å². The molecule has 2 aliphatic rings. The van der Waals surface area contributed by atoms with Gasteiger partial charge in [0.25, 0.3) is 0 Å². The van der Waals surface area contributed by atoms with E-state index in [4.69, 9.17) is 5.73 Å². The molecule has 2 N–H and O–H groups in total. The molecular formula is C11H21N. The van der Waals surface area contributed by atoms with Gasteiger partial charge in [0.05, 0.1) is 0 Å². The highest BCUT2D eigenvalue weighted by molar-refractivity contribution is 4.96. The smallest absolute Gasteiger partial charge is 0.00132 e. The predicted molar refractivity (Wildman–Crippen MR) is 51.8 cm³/mol. The van der Waals surface area contributed by atoms with Crippen molar-refractivity contribution in [2.45, 2.75) is 45.6 Å². The summed E-state index contributed by atoms with van der Waals surface area (Å²) < 4.78 is 0. The van der Waals surface area contributed by atoms with Gasteiger partial charge in [-0.3, -0.25) is 0 Å². The lowest BCUT2D eigenvalue weighted by Gasteiger charge is -2.41. The summed E-state index contributed by atoms with van der Waals surface area (Å²) in [6, 6.07) is 0.423. The van der Waals surface area contributed by atoms with Crippen LogP contribution in [-0.2, 0) is 0 Å². The third kappa shape index (κ3) is 1.39. The number of rotatable bonds is 2. The first-order valence-corrected chi connectivity index (χ1v) is 5.42. The average Bonchev–Trinajstić information content (AvgIpc) is 2.24. The van der Waals surface area contributed by atoms with Gasteiger partial charge in [0, 0.05) is 6.04 Å². The monoisotopic (exact) mass is 167 g/mol. The van der Waals surface area contributed by atoms with Gasteiger partial charge in [-0.05, 0) is 56.3 Å². The van der Waals surface area contributed by atoms with E-state index in [1.807, 2.05) is 0 Å². The summed E-state index contributed by atoms with van der Waals surface area (Å²) in [7, 11) is 0. The van der Waals surface area contributed by atoms with Crippen LogP contribution in [0.2, 0.25) is 0 Å². The third-order valence-electron chi connectivity index (χ3n) is 3.87. The molecule has 0 saturated heterocycles. The van der Waals surface area contributed by atoms with Crippen LogP contribution < -0.4 is 5.73 Å². The standard InChI is InChI=1S/C11H21N/c1-7-3-9-6-10(5-8(2)12)11(9)4-7/h7-11H,3-6,12H2,1-2H3. The van der Waals surface area contributed by atoms with Gasteiger partial charge >= 0.3 is 0 Å². The number of fused-ring (bicyclic) bond motifs is 1. The van der Waals surface area contributed by atoms with E-state index in [-0.39, 0.29) is 0 Å². The minimum absolute atomic E-state index is 0.423. The van der Waals surface area contributed by atoms with Crippen LogP contribution in [0.1, 0.15) is 39.5 Å². The van der Waals surface area contributed by atoms with E-state index in [1.54, 1.807) is 0 Å². The van der Waals surface area contributed by atoms with E-state index in [0.29, 0.717) is 6.04 Å². The van der Waals surface area contributed by atoms with Crippen molar-refractivity contribution < 1.29 is 0 Å². The molecule has 0 aromatic heterocycles. The van der Waals surface area contributed by atoms with E-state index in [2.05, 4.69) is 13.8 Å². The lowest BCUT2D eigenvalue weighted by molar-refractivity contribution is 0.0899. The molecule has 12 heavy (non-hydrogen) atoms. The van der Waals surface area contributed by atoms with Crippen LogP contribution in [0.4, 0.5) is 0 Å². The Bertz CT molecular complexity index is 164. The molecule has 0 bridgehead atoms. The molecule has 2 aliphatic carbocycles. The van der Waals surface area contributed by atoms with Gasteiger partial charge in [-0.2, -0.15) is 0 Å². The van der Waals surface area contributed by atoms with Gasteiger partial charge in [-0.1, -0.05) is 6.92 Å². The fourth-order valence-electron chi connectivity index (χ4n) is 3.41. The van der Waals surface area contributed by atoms with Crippen molar-refractivity contribution in [3.8, 4) is 0 Å². The average molecular weight is 167 g/mol. The quantitative estimate of drug-likeness (QED) is 0.671. The summed E-state index contributed by atoms with van der Waals surface area (Å²) in [5.74, 6) is 4.13. The molecule has 1 nitrogen and oxygen atoms in total. The van der Waals surface area contributed by atoms with Gasteiger partial charge in [0.15, 0.2) is 0 Å². The van der Waals surface area contributed by atoms with E-state index >= 15 is 0 Å². The van der Waals surface area contributed by atoms with Crippen LogP contribution >= 0.6 is 0 Å². The summed E-state index contributed by atoms with van der Waals surface area (Å²) in [6.07, 6.45) is 5.74. The first-order valence-electron chi connectivity index (χ1n) is 5.42. The summed E-state index contributed by atoms with van der Waals surface area (Å²) in [5, 5.41) is 0. The van der Waals surface area contributed by atoms with Crippen molar-refractivity contribution in [2.75, 3.05) is 0 Å². The SMILES string of the molecule is CC(N)CC1CC2CC(C)CC12. The zero-order chi connectivity index (χ0) is 8.72. The molecule has 1 heteroatoms. The molecule has 0 heterocycles. The number of hydrogen-bond donors (Lipinski definition) is 1. The van der Waals surface area contributed by atoms with Crippen molar-refractivity contribution in [1.82, 2.24) is 0 Å². The van der Waals surface area contributed by atoms with E-state index < -0.39 is 0 Å². The van der Waals surface area contributed by atoms with Crippen LogP contribution in [0.5, 0.6) is 0 Å². The number of nitrogens with two attached hydrogens (primary N) is 1. The Morgan fingerprint density at radius 3 is 2.67 bits per heavy atom. The van der Waals surface area contributed by atoms with Crippen molar-refractivity contribution in [3.63, 3.8) is 0 Å². The van der Waals surface area contributed by atoms with Gasteiger partial charge in [-0.25, -0.2) is 0 Å². The molecule has 0 aromatic rings. The summed E-state index contributed by atoms with van der Waals surface area (Å²) in [5.41, 5.74) is 5.82. The van der Waals surface area contributed by atoms with Crippen LogP contribution in [0, 0.1) is 23.7 Å². The Morgan fingerprint density at radius 1 is 1.33 bits per heavy atom. The van der Waals surface area contributed by atoms with Gasteiger partial charge < -0.3 is 5.73 Å². The van der Waals surface area contributed by atoms with Crippen molar-refractivity contribution in [2.24, 2.45) is 29.4 Å². The van der Waals surface area contributed by atoms with Crippen molar-refractivity contribution in [1.29, 1.82) is 0 Å². The highest BCUT2D eigenvalue weighted by Crippen LogP contribution is 2.54. The molecule has 0 aliphatic heterocycles. The fraction of sp³-hybridized carbons (Fsp3) is 1.00. The molecule has 5 unspecified atom stereocenters. The molecular weight excluding hydrogens is 146 g/mol. The molecule has 2 fully saturated rings. The van der Waals surface area contributed by atoms with E-state index in [0.717, 1.165) is 23.7 Å². The second kappa shape index (κ2) is 3.02. The van der Waals surface area contributed by atoms with Crippen LogP contribution in [0.25, 0.3) is 0 Å². The first kappa shape index (κ1) is 8.55. The summed E-state index contributed by atoms with van der Waals surface area (Å²) in [4.78, 5) is 0. The summed E-state index contributed by atoms with van der Waals surface area (Å²) in [6.45, 7) is 4.55. The van der Waals surface area contributed by atoms with Crippen molar-refractivity contribution >= 4 is 0 Å². The second-order valence-corrected chi connectivity index (χ2v) is 5.21. The molecule has 0 amide bonds. The zero-order valence-corrected chi connectivity index (χ0v) is 8.29. The highest BCUT2D eigenvalue weighted by Gasteiger charge is 2.45. The first-order chi connectivity index (χ1) is 5.66. The minimum Gasteiger partial charge on any atom is -0.328 e. The second-order valence-electron chi connectivity index (χ2n) is 5.21. The normalized spacial score (nSPS) is 48.2. The Balaban J connectivity index is 1.83. The minimum atomic E-state index is 0.423.